The molecule has 7 aromatic carbocycles. The minimum atomic E-state index is -0.537. The summed E-state index contributed by atoms with van der Waals surface area (Å²) >= 11 is 1.69. The van der Waals surface area contributed by atoms with Crippen LogP contribution < -0.4 is 0 Å². The maximum absolute atomic E-state index is 9.27. The fourth-order valence-electron chi connectivity index (χ4n) is 6.67. The van der Waals surface area contributed by atoms with E-state index in [9.17, 15) is 2.74 Å². The quantitative estimate of drug-likeness (QED) is 0.184. The number of rotatable bonds is 5. The molecule has 0 atom stereocenters. The molecule has 10 rings (SSSR count). The van der Waals surface area contributed by atoms with Crippen LogP contribution in [0, 0.1) is 0 Å². The fraction of sp³-hybridized carbons (Fsp3) is 0. The van der Waals surface area contributed by atoms with E-state index in [-0.39, 0.29) is 34.1 Å². The summed E-state index contributed by atoms with van der Waals surface area (Å²) in [4.78, 5) is 15.1. The lowest BCUT2D eigenvalue weighted by Crippen LogP contribution is -2.03. The fourth-order valence-corrected chi connectivity index (χ4v) is 7.82. The zero-order valence-electron chi connectivity index (χ0n) is 35.2. The highest BCUT2D eigenvalue weighted by Crippen LogP contribution is 2.41. The van der Waals surface area contributed by atoms with Gasteiger partial charge in [0.1, 0.15) is 0 Å². The van der Waals surface area contributed by atoms with Crippen molar-refractivity contribution in [3.05, 3.63) is 170 Å². The van der Waals surface area contributed by atoms with Crippen LogP contribution in [0.1, 0.15) is 12.3 Å². The highest BCUT2D eigenvalue weighted by atomic mass is 32.1. The Kier molecular flexibility index (Phi) is 4.84. The van der Waals surface area contributed by atoms with Gasteiger partial charge < -0.3 is 4.57 Å². The van der Waals surface area contributed by atoms with Crippen LogP contribution >= 0.6 is 11.3 Å². The summed E-state index contributed by atoms with van der Waals surface area (Å²) < 4.78 is 82.7. The Morgan fingerprint density at radius 3 is 2.06 bits per heavy atom. The van der Waals surface area contributed by atoms with E-state index in [1.807, 2.05) is 72.8 Å². The van der Waals surface area contributed by atoms with Crippen molar-refractivity contribution >= 4 is 53.3 Å². The van der Waals surface area contributed by atoms with Crippen LogP contribution in [0.25, 0.3) is 93.0 Å². The van der Waals surface area contributed by atoms with Crippen LogP contribution in [-0.4, -0.2) is 19.5 Å². The van der Waals surface area contributed by atoms with Crippen LogP contribution in [0.5, 0.6) is 0 Å². The number of benzene rings is 7. The third-order valence-corrected chi connectivity index (χ3v) is 10.0. The number of hydrogen-bond donors (Lipinski definition) is 0. The topological polar surface area (TPSA) is 43.6 Å². The van der Waals surface area contributed by atoms with Crippen molar-refractivity contribution in [1.29, 1.82) is 0 Å². The first kappa shape index (κ1) is 20.8. The summed E-state index contributed by atoms with van der Waals surface area (Å²) in [5, 5.41) is 2.76. The lowest BCUT2D eigenvalue weighted by atomic mass is 9.99. The highest BCUT2D eigenvalue weighted by molar-refractivity contribution is 7.25. The van der Waals surface area contributed by atoms with Crippen molar-refractivity contribution in [2.45, 2.75) is 0 Å². The minimum Gasteiger partial charge on any atom is -0.308 e. The summed E-state index contributed by atoms with van der Waals surface area (Å²) in [6.07, 6.45) is 0. The molecule has 0 saturated carbocycles. The van der Waals surface area contributed by atoms with Gasteiger partial charge in [0, 0.05) is 47.6 Å². The molecule has 4 nitrogen and oxygen atoms in total. The molecule has 0 spiro atoms. The molecule has 0 aliphatic carbocycles. The van der Waals surface area contributed by atoms with Crippen molar-refractivity contribution in [2.75, 3.05) is 0 Å². The van der Waals surface area contributed by atoms with Gasteiger partial charge in [-0.25, -0.2) is 15.0 Å². The standard InChI is InChI=1S/C45H28N4S/c1-3-14-29(15-4-1)32-21-13-24-39-42(32)35-19-7-10-22-37(35)49(39)38-23-11-8-20-36(38)45-47-43(30-16-5-2-6-17-30)46-44(48-45)31-26-27-34-33-18-9-12-25-40(33)50-41(34)28-31/h1-28H/i1D,3D,4D,7D,10D,14D,15D,19D,22D. The van der Waals surface area contributed by atoms with Crippen molar-refractivity contribution in [2.24, 2.45) is 0 Å². The van der Waals surface area contributed by atoms with E-state index in [1.54, 1.807) is 34.1 Å². The van der Waals surface area contributed by atoms with E-state index in [2.05, 4.69) is 24.3 Å². The van der Waals surface area contributed by atoms with Gasteiger partial charge in [0.15, 0.2) is 17.5 Å². The molecular formula is C45H28N4S. The van der Waals surface area contributed by atoms with Gasteiger partial charge in [0.25, 0.3) is 0 Å². The molecule has 0 saturated heterocycles. The number of aromatic nitrogens is 4. The van der Waals surface area contributed by atoms with Gasteiger partial charge in [0.2, 0.25) is 0 Å². The maximum atomic E-state index is 9.27. The zero-order valence-corrected chi connectivity index (χ0v) is 27.0. The Labute approximate surface area is 305 Å². The minimum absolute atomic E-state index is 0.0773. The lowest BCUT2D eigenvalue weighted by molar-refractivity contribution is 1.06. The van der Waals surface area contributed by atoms with Crippen LogP contribution in [0.15, 0.2) is 170 Å². The molecule has 0 bridgehead atoms. The number of nitrogens with zero attached hydrogens (tertiary/aromatic N) is 4. The third kappa shape index (κ3) is 4.63. The van der Waals surface area contributed by atoms with Gasteiger partial charge in [0.05, 0.1) is 29.1 Å². The van der Waals surface area contributed by atoms with Crippen molar-refractivity contribution in [1.82, 2.24) is 19.5 Å². The molecule has 0 amide bonds. The van der Waals surface area contributed by atoms with E-state index < -0.39 is 42.3 Å². The Hall–Kier alpha value is -6.43. The largest absolute Gasteiger partial charge is 0.308 e. The predicted octanol–water partition coefficient (Wildman–Crippen LogP) is 12.0. The third-order valence-electron chi connectivity index (χ3n) is 8.88. The zero-order chi connectivity index (χ0) is 40.9. The maximum Gasteiger partial charge on any atom is 0.166 e. The molecule has 234 valence electrons. The Balaban J connectivity index is 1.28. The average molecular weight is 666 g/mol. The molecule has 10 aromatic rings. The Morgan fingerprint density at radius 1 is 0.460 bits per heavy atom. The number of para-hydroxylation sites is 2. The lowest BCUT2D eigenvalue weighted by Gasteiger charge is -2.15. The van der Waals surface area contributed by atoms with E-state index in [1.165, 1.54) is 10.1 Å². The van der Waals surface area contributed by atoms with Crippen molar-refractivity contribution in [3.63, 3.8) is 0 Å². The summed E-state index contributed by atoms with van der Waals surface area (Å²) in [5.74, 6) is 1.19. The molecule has 3 aromatic heterocycles. The number of fused-ring (bicyclic) bond motifs is 6. The first-order valence-corrected chi connectivity index (χ1v) is 16.8. The molecule has 0 fully saturated rings. The summed E-state index contributed by atoms with van der Waals surface area (Å²) in [6, 6.07) is 32.5. The monoisotopic (exact) mass is 665 g/mol. The number of thiophene rings is 1. The van der Waals surface area contributed by atoms with Gasteiger partial charge in [-0.05, 0) is 47.5 Å². The van der Waals surface area contributed by atoms with Crippen LogP contribution in [0.4, 0.5) is 0 Å². The molecule has 0 N–H and O–H groups in total. The van der Waals surface area contributed by atoms with Crippen LogP contribution in [0.2, 0.25) is 0 Å². The van der Waals surface area contributed by atoms with Gasteiger partial charge in [-0.1, -0.05) is 133 Å². The van der Waals surface area contributed by atoms with Gasteiger partial charge in [-0.2, -0.15) is 0 Å². The van der Waals surface area contributed by atoms with Crippen molar-refractivity contribution < 1.29 is 12.3 Å². The summed E-state index contributed by atoms with van der Waals surface area (Å²) in [6.45, 7) is 0. The predicted molar refractivity (Wildman–Crippen MR) is 209 cm³/mol. The summed E-state index contributed by atoms with van der Waals surface area (Å²) in [7, 11) is 0. The second-order valence-corrected chi connectivity index (χ2v) is 12.8. The Bertz CT molecular complexity index is 3370. The number of hydrogen-bond acceptors (Lipinski definition) is 4. The summed E-state index contributed by atoms with van der Waals surface area (Å²) in [5.41, 5.74) is 3.32. The highest BCUT2D eigenvalue weighted by Gasteiger charge is 2.21. The van der Waals surface area contributed by atoms with E-state index in [0.717, 1.165) is 21.2 Å². The van der Waals surface area contributed by atoms with E-state index in [0.29, 0.717) is 39.6 Å². The SMILES string of the molecule is [2H]c1c([2H])c([2H])c(-c2cccc3c2c2c([2H])c([2H])c([2H])c([2H])c2n3-c2ccccc2-c2nc(-c3ccccc3)nc(-c3ccc4c(c3)sc3ccccc34)n2)c([2H])c1[2H]. The van der Waals surface area contributed by atoms with E-state index >= 15 is 0 Å². The average Bonchev–Trinajstić information content (AvgIpc) is 3.83. The smallest absolute Gasteiger partial charge is 0.166 e. The molecule has 3 heterocycles. The first-order valence-electron chi connectivity index (χ1n) is 20.5. The molecule has 0 aliphatic heterocycles. The molecule has 5 heteroatoms. The second-order valence-electron chi connectivity index (χ2n) is 11.8. The molecule has 0 aliphatic rings. The van der Waals surface area contributed by atoms with E-state index in [4.69, 9.17) is 24.5 Å². The van der Waals surface area contributed by atoms with Crippen molar-refractivity contribution in [3.8, 4) is 51.0 Å². The van der Waals surface area contributed by atoms with Crippen LogP contribution in [0.3, 0.4) is 0 Å². The van der Waals surface area contributed by atoms with Gasteiger partial charge in [-0.3, -0.25) is 0 Å². The normalized spacial score (nSPS) is 14.1. The second kappa shape index (κ2) is 11.6. The molecule has 0 radical (unpaired) electrons. The Morgan fingerprint density at radius 2 is 1.16 bits per heavy atom. The van der Waals surface area contributed by atoms with Gasteiger partial charge in [-0.15, -0.1) is 11.3 Å². The molecule has 0 unspecified atom stereocenters. The van der Waals surface area contributed by atoms with Gasteiger partial charge >= 0.3 is 0 Å². The molecule has 50 heavy (non-hydrogen) atoms. The molecular weight excluding hydrogens is 629 g/mol. The van der Waals surface area contributed by atoms with Crippen LogP contribution in [-0.2, 0) is 0 Å². The first-order chi connectivity index (χ1) is 28.5.